The molecule has 0 amide bonds. The molecule has 118 valence electrons. The number of Topliss-reactive ketones (excluding diaryl/α,β-unsaturated/α-hetero) is 1. The number of ketones is 1. The van der Waals surface area contributed by atoms with Gasteiger partial charge >= 0.3 is 0 Å². The topological polar surface area (TPSA) is 44.0 Å². The van der Waals surface area contributed by atoms with Gasteiger partial charge in [0.15, 0.2) is 12.0 Å². The van der Waals surface area contributed by atoms with Crippen molar-refractivity contribution in [3.8, 4) is 0 Å². The van der Waals surface area contributed by atoms with Crippen molar-refractivity contribution in [2.24, 2.45) is 23.2 Å². The summed E-state index contributed by atoms with van der Waals surface area (Å²) < 4.78 is 0.869. The van der Waals surface area contributed by atoms with Crippen LogP contribution in [-0.4, -0.2) is 11.0 Å². The zero-order valence-electron chi connectivity index (χ0n) is 13.0. The summed E-state index contributed by atoms with van der Waals surface area (Å²) in [5.41, 5.74) is -0.0658. The zero-order valence-corrected chi connectivity index (χ0v) is 13.8. The van der Waals surface area contributed by atoms with E-state index in [0.29, 0.717) is 10.8 Å². The molecule has 0 radical (unpaired) electrons. The minimum Gasteiger partial charge on any atom is -0.618 e. The second-order valence-corrected chi connectivity index (χ2v) is 9.05. The van der Waals surface area contributed by atoms with E-state index in [-0.39, 0.29) is 10.7 Å². The predicted molar refractivity (Wildman–Crippen MR) is 86.3 cm³/mol. The molecule has 22 heavy (non-hydrogen) atoms. The van der Waals surface area contributed by atoms with Crippen molar-refractivity contribution in [3.05, 3.63) is 29.6 Å². The second kappa shape index (κ2) is 5.26. The molecular formula is C18H23NO2S. The molecule has 1 atom stereocenters. The molecule has 0 aliphatic heterocycles. The highest BCUT2D eigenvalue weighted by atomic mass is 32.2. The predicted octanol–water partition coefficient (Wildman–Crippen LogP) is 3.59. The number of aromatic nitrogens is 1. The molecule has 3 nitrogen and oxygen atoms in total. The molecule has 0 spiro atoms. The van der Waals surface area contributed by atoms with Crippen molar-refractivity contribution >= 4 is 17.5 Å². The Morgan fingerprint density at radius 3 is 2.36 bits per heavy atom. The van der Waals surface area contributed by atoms with Gasteiger partial charge in [-0.2, -0.15) is 4.73 Å². The van der Waals surface area contributed by atoms with Gasteiger partial charge in [0.25, 0.3) is 5.03 Å². The summed E-state index contributed by atoms with van der Waals surface area (Å²) in [6.07, 6.45) is 8.89. The molecule has 1 aromatic heterocycles. The minimum absolute atomic E-state index is 0.0658. The maximum absolute atomic E-state index is 13.2. The van der Waals surface area contributed by atoms with Crippen LogP contribution in [0.3, 0.4) is 0 Å². The summed E-state index contributed by atoms with van der Waals surface area (Å²) in [5, 5.41) is 12.3. The Morgan fingerprint density at radius 2 is 1.82 bits per heavy atom. The number of thioether (sulfide) groups is 1. The second-order valence-electron chi connectivity index (χ2n) is 7.69. The first-order valence-corrected chi connectivity index (χ1v) is 9.33. The molecule has 4 aliphatic rings. The Kier molecular flexibility index (Phi) is 3.48. The fourth-order valence-corrected chi connectivity index (χ4v) is 6.62. The molecule has 0 saturated heterocycles. The number of pyridine rings is 1. The van der Waals surface area contributed by atoms with Gasteiger partial charge in [-0.05, 0) is 81.0 Å². The lowest BCUT2D eigenvalue weighted by Crippen LogP contribution is -2.52. The van der Waals surface area contributed by atoms with Gasteiger partial charge in [0.2, 0.25) is 0 Å². The number of hydrogen-bond acceptors (Lipinski definition) is 3. The van der Waals surface area contributed by atoms with E-state index in [1.165, 1.54) is 37.2 Å². The largest absolute Gasteiger partial charge is 0.618 e. The Hall–Kier alpha value is -1.03. The molecule has 4 fully saturated rings. The van der Waals surface area contributed by atoms with Crippen LogP contribution < -0.4 is 4.73 Å². The smallest absolute Gasteiger partial charge is 0.252 e. The monoisotopic (exact) mass is 317 g/mol. The highest BCUT2D eigenvalue weighted by molar-refractivity contribution is 8.00. The van der Waals surface area contributed by atoms with Gasteiger partial charge in [-0.1, -0.05) is 0 Å². The van der Waals surface area contributed by atoms with Gasteiger partial charge in [0.05, 0.1) is 5.25 Å². The maximum atomic E-state index is 13.2. The number of carbonyl (C=O) groups excluding carboxylic acids is 1. The molecule has 1 aromatic rings. The van der Waals surface area contributed by atoms with E-state index >= 15 is 0 Å². The average Bonchev–Trinajstić information content (AvgIpc) is 2.47. The number of hydrogen-bond donors (Lipinski definition) is 0. The molecule has 5 rings (SSSR count). The van der Waals surface area contributed by atoms with Gasteiger partial charge in [-0.15, -0.1) is 0 Å². The van der Waals surface area contributed by atoms with Gasteiger partial charge in [0.1, 0.15) is 0 Å². The summed E-state index contributed by atoms with van der Waals surface area (Å²) in [7, 11) is 0. The SMILES string of the molecule is C[C@@H](Sc1cccc[n+]1[O-])C(=O)C12CC3CC(CC(C3)C1)C2. The number of nitrogens with zero attached hydrogens (tertiary/aromatic N) is 1. The van der Waals surface area contributed by atoms with Gasteiger partial charge in [0, 0.05) is 17.5 Å². The third-order valence-corrected chi connectivity index (χ3v) is 7.14. The molecule has 1 heterocycles. The zero-order chi connectivity index (χ0) is 15.3. The van der Waals surface area contributed by atoms with Crippen molar-refractivity contribution in [1.82, 2.24) is 0 Å². The third-order valence-electron chi connectivity index (χ3n) is 6.02. The molecular weight excluding hydrogens is 294 g/mol. The Labute approximate surface area is 136 Å². The summed E-state index contributed by atoms with van der Waals surface area (Å²) in [4.78, 5) is 13.2. The summed E-state index contributed by atoms with van der Waals surface area (Å²) >= 11 is 1.43. The van der Waals surface area contributed by atoms with Crippen molar-refractivity contribution in [1.29, 1.82) is 0 Å². The molecule has 0 aromatic carbocycles. The van der Waals surface area contributed by atoms with E-state index in [1.807, 2.05) is 13.0 Å². The summed E-state index contributed by atoms with van der Waals surface area (Å²) in [6, 6.07) is 5.39. The van der Waals surface area contributed by atoms with E-state index in [0.717, 1.165) is 41.7 Å². The van der Waals surface area contributed by atoms with Gasteiger partial charge in [-0.25, -0.2) is 0 Å². The van der Waals surface area contributed by atoms with Crippen LogP contribution in [0.15, 0.2) is 29.4 Å². The lowest BCUT2D eigenvalue weighted by Gasteiger charge is -2.56. The summed E-state index contributed by atoms with van der Waals surface area (Å²) in [6.45, 7) is 1.98. The Bertz CT molecular complexity index is 565. The van der Waals surface area contributed by atoms with Gasteiger partial charge < -0.3 is 5.21 Å². The Morgan fingerprint density at radius 1 is 1.23 bits per heavy atom. The quantitative estimate of drug-likeness (QED) is 0.484. The van der Waals surface area contributed by atoms with E-state index in [1.54, 1.807) is 12.1 Å². The first-order chi connectivity index (χ1) is 10.6. The third kappa shape index (κ3) is 2.36. The summed E-state index contributed by atoms with van der Waals surface area (Å²) in [5.74, 6) is 2.76. The van der Waals surface area contributed by atoms with Crippen molar-refractivity contribution in [2.75, 3.05) is 0 Å². The average molecular weight is 317 g/mol. The number of carbonyl (C=O) groups is 1. The molecule has 4 saturated carbocycles. The van der Waals surface area contributed by atoms with Gasteiger partial charge in [-0.3, -0.25) is 4.79 Å². The van der Waals surface area contributed by atoms with Crippen molar-refractivity contribution in [3.63, 3.8) is 0 Å². The maximum Gasteiger partial charge on any atom is 0.252 e. The fourth-order valence-electron chi connectivity index (χ4n) is 5.58. The van der Waals surface area contributed by atoms with E-state index in [4.69, 9.17) is 0 Å². The van der Waals surface area contributed by atoms with Crippen LogP contribution in [0.5, 0.6) is 0 Å². The highest BCUT2D eigenvalue weighted by Gasteiger charge is 2.55. The fraction of sp³-hybridized carbons (Fsp3) is 0.667. The van der Waals surface area contributed by atoms with Crippen LogP contribution >= 0.6 is 11.8 Å². The van der Waals surface area contributed by atoms with Crippen LogP contribution in [0.4, 0.5) is 0 Å². The highest BCUT2D eigenvalue weighted by Crippen LogP contribution is 2.61. The van der Waals surface area contributed by atoms with Crippen LogP contribution in [0.2, 0.25) is 0 Å². The first kappa shape index (κ1) is 14.6. The molecule has 4 bridgehead atoms. The molecule has 4 heteroatoms. The lowest BCUT2D eigenvalue weighted by atomic mass is 9.48. The Balaban J connectivity index is 1.53. The number of rotatable bonds is 4. The molecule has 0 unspecified atom stereocenters. The van der Waals surface area contributed by atoms with Crippen molar-refractivity contribution < 1.29 is 9.52 Å². The molecule has 4 aliphatic carbocycles. The first-order valence-electron chi connectivity index (χ1n) is 8.45. The van der Waals surface area contributed by atoms with Crippen molar-refractivity contribution in [2.45, 2.75) is 55.7 Å². The minimum atomic E-state index is -0.126. The standard InChI is InChI=1S/C18H23NO2S/c1-12(22-16-4-2-3-5-19(16)21)17(20)18-9-13-6-14(10-18)8-15(7-13)11-18/h2-5,12-15H,6-11H2,1H3/t12-,13?,14?,15?,18?/m1/s1. The van der Waals surface area contributed by atoms with Crippen LogP contribution in [0.25, 0.3) is 0 Å². The molecule has 0 N–H and O–H groups in total. The normalized spacial score (nSPS) is 37.2. The van der Waals surface area contributed by atoms with E-state index in [9.17, 15) is 10.0 Å². The van der Waals surface area contributed by atoms with E-state index < -0.39 is 0 Å². The lowest BCUT2D eigenvalue weighted by molar-refractivity contribution is -0.645. The van der Waals surface area contributed by atoms with Crippen LogP contribution in [-0.2, 0) is 4.79 Å². The van der Waals surface area contributed by atoms with Crippen LogP contribution in [0, 0.1) is 28.4 Å². The van der Waals surface area contributed by atoms with E-state index in [2.05, 4.69) is 0 Å². The van der Waals surface area contributed by atoms with Crippen LogP contribution in [0.1, 0.15) is 45.4 Å².